The van der Waals surface area contributed by atoms with E-state index in [0.717, 1.165) is 67.8 Å². The van der Waals surface area contributed by atoms with E-state index >= 15 is 8.78 Å². The molecule has 3 aromatic carbocycles. The van der Waals surface area contributed by atoms with Crippen LogP contribution in [0.4, 0.5) is 29.1 Å². The average Bonchev–Trinajstić information content (AvgIpc) is 3.53. The fourth-order valence-corrected chi connectivity index (χ4v) is 5.67. The van der Waals surface area contributed by atoms with Gasteiger partial charge in [-0.3, -0.25) is 19.0 Å². The minimum Gasteiger partial charge on any atom is -0.493 e. The van der Waals surface area contributed by atoms with Crippen LogP contribution in [0.2, 0.25) is 0 Å². The van der Waals surface area contributed by atoms with Crippen molar-refractivity contribution in [1.82, 2.24) is 4.57 Å². The van der Waals surface area contributed by atoms with E-state index in [1.165, 1.54) is 6.92 Å². The summed E-state index contributed by atoms with van der Waals surface area (Å²) >= 11 is 0. The van der Waals surface area contributed by atoms with Gasteiger partial charge in [0.2, 0.25) is 0 Å². The Morgan fingerprint density at radius 2 is 1.52 bits per heavy atom. The quantitative estimate of drug-likeness (QED) is 0.0672. The number of rotatable bonds is 11. The van der Waals surface area contributed by atoms with Gasteiger partial charge in [-0.1, -0.05) is 12.8 Å². The molecule has 0 bridgehead atoms. The highest BCUT2D eigenvalue weighted by Crippen LogP contribution is 2.31. The highest BCUT2D eigenvalue weighted by molar-refractivity contribution is 6.11. The molecule has 0 spiro atoms. The van der Waals surface area contributed by atoms with Gasteiger partial charge < -0.3 is 20.1 Å². The monoisotopic (exact) mass is 637 g/mol. The van der Waals surface area contributed by atoms with Gasteiger partial charge in [0.05, 0.1) is 17.7 Å². The average molecular weight is 638 g/mol. The summed E-state index contributed by atoms with van der Waals surface area (Å²) in [6.07, 6.45) is 4.80. The van der Waals surface area contributed by atoms with Crippen molar-refractivity contribution in [1.29, 1.82) is 0 Å². The number of halogens is 4. The summed E-state index contributed by atoms with van der Waals surface area (Å²) in [6.45, 7) is 2.06. The van der Waals surface area contributed by atoms with E-state index in [2.05, 4.69) is 4.90 Å². The second-order valence-electron chi connectivity index (χ2n) is 10.9. The number of benzene rings is 3. The van der Waals surface area contributed by atoms with Crippen LogP contribution in [0.25, 0.3) is 5.69 Å². The fourth-order valence-electron chi connectivity index (χ4n) is 5.67. The lowest BCUT2D eigenvalue weighted by Gasteiger charge is -2.31. The zero-order valence-electron chi connectivity index (χ0n) is 24.9. The molecule has 0 atom stereocenters. The minimum atomic E-state index is -1.18. The molecule has 0 saturated heterocycles. The van der Waals surface area contributed by atoms with E-state index in [0.29, 0.717) is 35.4 Å². The van der Waals surface area contributed by atoms with Crippen molar-refractivity contribution in [3.63, 3.8) is 0 Å². The van der Waals surface area contributed by atoms with Gasteiger partial charge in [-0.2, -0.15) is 0 Å². The Kier molecular flexibility index (Phi) is 9.74. The molecule has 2 N–H and O–H groups in total. The third-order valence-corrected chi connectivity index (χ3v) is 7.77. The molecule has 12 heteroatoms. The summed E-state index contributed by atoms with van der Waals surface area (Å²) in [5.41, 5.74) is 4.26. The van der Waals surface area contributed by atoms with Crippen molar-refractivity contribution >= 4 is 23.3 Å². The van der Waals surface area contributed by atoms with Crippen LogP contribution in [0.15, 0.2) is 71.5 Å². The summed E-state index contributed by atoms with van der Waals surface area (Å²) in [5.74, 6) is -6.13. The Morgan fingerprint density at radius 1 is 0.870 bits per heavy atom. The van der Waals surface area contributed by atoms with Gasteiger partial charge in [-0.25, -0.2) is 17.6 Å². The van der Waals surface area contributed by atoms with Crippen LogP contribution in [-0.4, -0.2) is 35.5 Å². The Labute approximate surface area is 262 Å². The second kappa shape index (κ2) is 13.9. The molecule has 0 radical (unpaired) electrons. The summed E-state index contributed by atoms with van der Waals surface area (Å²) in [7, 11) is 0. The molecular formula is C34H31F4N3O5. The number of hydrogen-bond donors (Lipinski definition) is 1. The van der Waals surface area contributed by atoms with E-state index in [1.54, 1.807) is 12.1 Å². The number of ketones is 1. The number of nitrogen functional groups attached to an aromatic ring is 1. The molecule has 1 fully saturated rings. The van der Waals surface area contributed by atoms with Crippen molar-refractivity contribution in [3.8, 4) is 17.2 Å². The van der Waals surface area contributed by atoms with Crippen LogP contribution in [0, 0.1) is 23.3 Å². The molecule has 0 unspecified atom stereocenters. The number of carbonyl (C=O) groups is 2. The molecular weight excluding hydrogens is 606 g/mol. The van der Waals surface area contributed by atoms with Crippen LogP contribution in [0.3, 0.4) is 0 Å². The smallest absolute Gasteiger partial charge is 0.308 e. The minimum absolute atomic E-state index is 0.121. The van der Waals surface area contributed by atoms with Gasteiger partial charge in [-0.05, 0) is 61.7 Å². The molecule has 1 aliphatic carbocycles. The first-order valence-electron chi connectivity index (χ1n) is 14.7. The maximum atomic E-state index is 15.3. The lowest BCUT2D eigenvalue weighted by atomic mass is 10.0. The van der Waals surface area contributed by atoms with Crippen molar-refractivity contribution < 1.29 is 36.6 Å². The second-order valence-corrected chi connectivity index (χ2v) is 10.9. The van der Waals surface area contributed by atoms with Gasteiger partial charge >= 0.3 is 5.97 Å². The van der Waals surface area contributed by atoms with Crippen molar-refractivity contribution in [2.45, 2.75) is 45.1 Å². The van der Waals surface area contributed by atoms with Gasteiger partial charge in [0.25, 0.3) is 5.56 Å². The molecule has 0 aliphatic heterocycles. The maximum Gasteiger partial charge on any atom is 0.308 e. The third kappa shape index (κ3) is 7.06. The molecule has 1 saturated carbocycles. The van der Waals surface area contributed by atoms with Crippen LogP contribution in [0.1, 0.15) is 54.9 Å². The van der Waals surface area contributed by atoms with Crippen molar-refractivity contribution in [3.05, 3.63) is 111 Å². The number of nitrogens with two attached hydrogens (primary N) is 1. The van der Waals surface area contributed by atoms with Crippen LogP contribution >= 0.6 is 0 Å². The number of esters is 1. The Bertz CT molecular complexity index is 1800. The van der Waals surface area contributed by atoms with Crippen molar-refractivity contribution in [2.24, 2.45) is 0 Å². The summed E-state index contributed by atoms with van der Waals surface area (Å²) in [6, 6.07) is 13.5. The van der Waals surface area contributed by atoms with Gasteiger partial charge in [-0.15, -0.1) is 0 Å². The normalized spacial score (nSPS) is 13.1. The maximum absolute atomic E-state index is 15.3. The Morgan fingerprint density at radius 3 is 2.15 bits per heavy atom. The largest absolute Gasteiger partial charge is 0.493 e. The molecule has 5 rings (SSSR count). The van der Waals surface area contributed by atoms with Gasteiger partial charge in [0.1, 0.15) is 34.6 Å². The van der Waals surface area contributed by atoms with Crippen LogP contribution in [-0.2, 0) is 4.79 Å². The number of nitrogens with zero attached hydrogens (tertiary/aromatic N) is 2. The SMILES string of the molecule is CC(=O)Oc1ccc(N(CCCOc2cc(F)c(-n3c(N)c(C(=O)c4ccc(F)cc4F)ccc3=O)c(F)c2)C2CCCC2)cc1. The highest BCUT2D eigenvalue weighted by Gasteiger charge is 2.25. The number of carbonyl (C=O) groups excluding carboxylic acids is 2. The predicted molar refractivity (Wildman–Crippen MR) is 164 cm³/mol. The number of hydrogen-bond acceptors (Lipinski definition) is 7. The molecule has 1 heterocycles. The topological polar surface area (TPSA) is 104 Å². The lowest BCUT2D eigenvalue weighted by Crippen LogP contribution is -2.34. The molecule has 240 valence electrons. The predicted octanol–water partition coefficient (Wildman–Crippen LogP) is 6.35. The standard InChI is InChI=1S/C34H31F4N3O5/c1-20(42)46-24-10-8-23(9-11-24)40(22-5-2-3-6-22)15-4-16-45-25-18-29(37)32(30(38)19-25)41-31(43)14-13-27(34(41)39)33(44)26-12-7-21(35)17-28(26)36/h7-14,17-19,22H,2-6,15-16,39H2,1H3. The fraction of sp³-hybridized carbons (Fsp3) is 0.265. The van der Waals surface area contributed by atoms with Crippen LogP contribution in [0.5, 0.6) is 11.5 Å². The summed E-state index contributed by atoms with van der Waals surface area (Å²) < 4.78 is 69.5. The number of pyridine rings is 1. The number of ether oxygens (including phenoxy) is 2. The lowest BCUT2D eigenvalue weighted by molar-refractivity contribution is -0.131. The van der Waals surface area contributed by atoms with Gasteiger partial charge in [0, 0.05) is 49.5 Å². The Hall–Kier alpha value is -5.13. The number of aromatic nitrogens is 1. The zero-order valence-corrected chi connectivity index (χ0v) is 24.9. The van der Waals surface area contributed by atoms with E-state index in [-0.39, 0.29) is 12.4 Å². The van der Waals surface area contributed by atoms with E-state index in [1.807, 2.05) is 12.1 Å². The van der Waals surface area contributed by atoms with Crippen LogP contribution < -0.4 is 25.7 Å². The summed E-state index contributed by atoms with van der Waals surface area (Å²) in [4.78, 5) is 39.1. The first-order chi connectivity index (χ1) is 22.0. The molecule has 46 heavy (non-hydrogen) atoms. The third-order valence-electron chi connectivity index (χ3n) is 7.77. The first-order valence-corrected chi connectivity index (χ1v) is 14.7. The first kappa shape index (κ1) is 32.3. The molecule has 4 aromatic rings. The van der Waals surface area contributed by atoms with Gasteiger partial charge in [0.15, 0.2) is 17.4 Å². The molecule has 0 amide bonds. The highest BCUT2D eigenvalue weighted by atomic mass is 19.1. The van der Waals surface area contributed by atoms with Crippen molar-refractivity contribution in [2.75, 3.05) is 23.8 Å². The molecule has 1 aliphatic rings. The van der Waals surface area contributed by atoms with E-state index in [9.17, 15) is 23.2 Å². The van der Waals surface area contributed by atoms with E-state index < -0.39 is 63.2 Å². The zero-order chi connectivity index (χ0) is 33.0. The number of anilines is 2. The Balaban J connectivity index is 1.30. The van der Waals surface area contributed by atoms with E-state index in [4.69, 9.17) is 15.2 Å². The summed E-state index contributed by atoms with van der Waals surface area (Å²) in [5, 5.41) is 0. The molecule has 1 aromatic heterocycles. The molecule has 8 nitrogen and oxygen atoms in total.